The van der Waals surface area contributed by atoms with Crippen LogP contribution in [0.5, 0.6) is 11.5 Å². The van der Waals surface area contributed by atoms with Crippen molar-refractivity contribution in [2.24, 2.45) is 0 Å². The first-order valence-electron chi connectivity index (χ1n) is 16.0. The molecule has 0 aliphatic carbocycles. The summed E-state index contributed by atoms with van der Waals surface area (Å²) in [5.41, 5.74) is 9.18. The van der Waals surface area contributed by atoms with Gasteiger partial charge in [-0.3, -0.25) is 0 Å². The SMILES string of the molecule is CCCCC(CC)(c1cc(-c2ccccc2)c(O)c(-c2ccccc2)c1)c1cc(-c2ccccc2)c(O)c(-c2ccccc2)c1. The van der Waals surface area contributed by atoms with E-state index in [1.807, 2.05) is 72.8 Å². The molecule has 0 spiro atoms. The first-order chi connectivity index (χ1) is 22.1. The van der Waals surface area contributed by atoms with Gasteiger partial charge in [0.15, 0.2) is 0 Å². The van der Waals surface area contributed by atoms with Crippen molar-refractivity contribution >= 4 is 0 Å². The molecule has 0 saturated carbocycles. The number of phenols is 2. The van der Waals surface area contributed by atoms with Crippen molar-refractivity contribution in [3.63, 3.8) is 0 Å². The molecule has 6 aromatic carbocycles. The second-order valence-electron chi connectivity index (χ2n) is 11.8. The molecule has 0 bridgehead atoms. The summed E-state index contributed by atoms with van der Waals surface area (Å²) in [6, 6.07) is 49.5. The minimum absolute atomic E-state index is 0.289. The maximum Gasteiger partial charge on any atom is 0.131 e. The molecule has 0 radical (unpaired) electrons. The fraction of sp³-hybridized carbons (Fsp3) is 0.163. The van der Waals surface area contributed by atoms with Gasteiger partial charge < -0.3 is 10.2 Å². The van der Waals surface area contributed by atoms with E-state index in [1.54, 1.807) is 0 Å². The van der Waals surface area contributed by atoms with Crippen molar-refractivity contribution < 1.29 is 10.2 Å². The molecule has 0 amide bonds. The molecule has 2 N–H and O–H groups in total. The summed E-state index contributed by atoms with van der Waals surface area (Å²) in [6.45, 7) is 4.51. The summed E-state index contributed by atoms with van der Waals surface area (Å²) in [5, 5.41) is 23.6. The lowest BCUT2D eigenvalue weighted by Gasteiger charge is -2.36. The molecule has 0 atom stereocenters. The van der Waals surface area contributed by atoms with Gasteiger partial charge in [-0.2, -0.15) is 0 Å². The minimum Gasteiger partial charge on any atom is -0.507 e. The Labute approximate surface area is 267 Å². The van der Waals surface area contributed by atoms with Gasteiger partial charge in [0.05, 0.1) is 0 Å². The molecule has 224 valence electrons. The van der Waals surface area contributed by atoms with Crippen LogP contribution in [-0.4, -0.2) is 10.2 Å². The van der Waals surface area contributed by atoms with Crippen LogP contribution in [-0.2, 0) is 5.41 Å². The Morgan fingerprint density at radius 1 is 0.444 bits per heavy atom. The van der Waals surface area contributed by atoms with Crippen LogP contribution in [0.25, 0.3) is 44.5 Å². The van der Waals surface area contributed by atoms with E-state index in [2.05, 4.69) is 86.6 Å². The van der Waals surface area contributed by atoms with Crippen molar-refractivity contribution in [1.29, 1.82) is 0 Å². The summed E-state index contributed by atoms with van der Waals surface area (Å²) in [7, 11) is 0. The molecule has 2 nitrogen and oxygen atoms in total. The summed E-state index contributed by atoms with van der Waals surface area (Å²) in [4.78, 5) is 0. The van der Waals surface area contributed by atoms with E-state index in [1.165, 1.54) is 0 Å². The Hall–Kier alpha value is -5.08. The second-order valence-corrected chi connectivity index (χ2v) is 11.8. The lowest BCUT2D eigenvalue weighted by Crippen LogP contribution is -2.27. The number of unbranched alkanes of at least 4 members (excludes halogenated alkanes) is 1. The summed E-state index contributed by atoms with van der Waals surface area (Å²) < 4.78 is 0. The van der Waals surface area contributed by atoms with Gasteiger partial charge in [-0.1, -0.05) is 148 Å². The average Bonchev–Trinajstić information content (AvgIpc) is 3.11. The molecule has 0 heterocycles. The predicted molar refractivity (Wildman–Crippen MR) is 189 cm³/mol. The maximum atomic E-state index is 11.8. The van der Waals surface area contributed by atoms with Crippen LogP contribution in [0.3, 0.4) is 0 Å². The number of rotatable bonds is 10. The zero-order valence-electron chi connectivity index (χ0n) is 26.1. The third-order valence-corrected chi connectivity index (χ3v) is 9.22. The average molecular weight is 589 g/mol. The first-order valence-corrected chi connectivity index (χ1v) is 16.0. The molecule has 6 aromatic rings. The van der Waals surface area contributed by atoms with Crippen molar-refractivity contribution in [2.75, 3.05) is 0 Å². The molecule has 0 fully saturated rings. The summed E-state index contributed by atoms with van der Waals surface area (Å²) in [6.07, 6.45) is 3.89. The van der Waals surface area contributed by atoms with E-state index in [0.29, 0.717) is 0 Å². The number of aromatic hydroxyl groups is 2. The topological polar surface area (TPSA) is 40.5 Å². The number of hydrogen-bond acceptors (Lipinski definition) is 2. The van der Waals surface area contributed by atoms with Crippen LogP contribution >= 0.6 is 0 Å². The number of phenolic OH excluding ortho intramolecular Hbond substituents is 2. The van der Waals surface area contributed by atoms with E-state index in [-0.39, 0.29) is 16.9 Å². The standard InChI is InChI=1S/C43H40O2/c1-3-5-26-43(4-2,35-27-37(31-18-10-6-11-19-31)41(44)38(28-35)32-20-12-7-13-21-32)36-29-39(33-22-14-8-15-23-33)42(45)40(30-36)34-24-16-9-17-25-34/h6-25,27-30,44-45H,3-5,26H2,1-2H3. The van der Waals surface area contributed by atoms with Crippen molar-refractivity contribution in [3.05, 3.63) is 157 Å². The number of hydrogen-bond donors (Lipinski definition) is 2. The van der Waals surface area contributed by atoms with Gasteiger partial charge in [-0.25, -0.2) is 0 Å². The van der Waals surface area contributed by atoms with Crippen LogP contribution in [0, 0.1) is 0 Å². The van der Waals surface area contributed by atoms with Crippen LogP contribution in [0.15, 0.2) is 146 Å². The highest BCUT2D eigenvalue weighted by molar-refractivity contribution is 5.85. The van der Waals surface area contributed by atoms with Crippen LogP contribution in [0.1, 0.15) is 50.7 Å². The predicted octanol–water partition coefficient (Wildman–Crippen LogP) is 11.7. The lowest BCUT2D eigenvalue weighted by molar-refractivity contribution is 0.434. The largest absolute Gasteiger partial charge is 0.507 e. The van der Waals surface area contributed by atoms with Gasteiger partial charge in [0.2, 0.25) is 0 Å². The molecule has 0 aromatic heterocycles. The van der Waals surface area contributed by atoms with Gasteiger partial charge in [-0.15, -0.1) is 0 Å². The van der Waals surface area contributed by atoms with Gasteiger partial charge in [-0.05, 0) is 70.5 Å². The zero-order valence-corrected chi connectivity index (χ0v) is 26.1. The quantitative estimate of drug-likeness (QED) is 0.167. The molecular weight excluding hydrogens is 548 g/mol. The monoisotopic (exact) mass is 588 g/mol. The lowest BCUT2D eigenvalue weighted by atomic mass is 9.67. The molecule has 2 heteroatoms. The van der Waals surface area contributed by atoms with E-state index in [4.69, 9.17) is 0 Å². The fourth-order valence-electron chi connectivity index (χ4n) is 6.69. The normalized spacial score (nSPS) is 11.4. The van der Waals surface area contributed by atoms with Crippen molar-refractivity contribution in [2.45, 2.75) is 44.9 Å². The Kier molecular flexibility index (Phi) is 8.84. The molecule has 0 aliphatic heterocycles. The van der Waals surface area contributed by atoms with Crippen molar-refractivity contribution in [3.8, 4) is 56.0 Å². The Morgan fingerprint density at radius 2 is 0.733 bits per heavy atom. The Bertz CT molecular complexity index is 1610. The molecule has 45 heavy (non-hydrogen) atoms. The zero-order chi connectivity index (χ0) is 31.2. The molecule has 0 aliphatic rings. The van der Waals surface area contributed by atoms with Gasteiger partial charge in [0, 0.05) is 27.7 Å². The number of benzene rings is 6. The van der Waals surface area contributed by atoms with Crippen molar-refractivity contribution in [1.82, 2.24) is 0 Å². The first kappa shape index (κ1) is 30.0. The fourth-order valence-corrected chi connectivity index (χ4v) is 6.69. The van der Waals surface area contributed by atoms with E-state index in [0.717, 1.165) is 81.3 Å². The van der Waals surface area contributed by atoms with Gasteiger partial charge in [0.25, 0.3) is 0 Å². The highest BCUT2D eigenvalue weighted by atomic mass is 16.3. The smallest absolute Gasteiger partial charge is 0.131 e. The Morgan fingerprint density at radius 3 is 0.978 bits per heavy atom. The third-order valence-electron chi connectivity index (χ3n) is 9.22. The van der Waals surface area contributed by atoms with E-state index >= 15 is 0 Å². The molecule has 0 saturated heterocycles. The summed E-state index contributed by atoms with van der Waals surface area (Å²) >= 11 is 0. The van der Waals surface area contributed by atoms with Gasteiger partial charge in [0.1, 0.15) is 11.5 Å². The van der Waals surface area contributed by atoms with Gasteiger partial charge >= 0.3 is 0 Å². The highest BCUT2D eigenvalue weighted by Crippen LogP contribution is 2.50. The molecule has 6 rings (SSSR count). The van der Waals surface area contributed by atoms with E-state index < -0.39 is 0 Å². The third kappa shape index (κ3) is 5.89. The summed E-state index contributed by atoms with van der Waals surface area (Å²) in [5.74, 6) is 0.578. The molecular formula is C43H40O2. The van der Waals surface area contributed by atoms with Crippen LogP contribution < -0.4 is 0 Å². The molecule has 0 unspecified atom stereocenters. The second kappa shape index (κ2) is 13.3. The highest BCUT2D eigenvalue weighted by Gasteiger charge is 2.35. The maximum absolute atomic E-state index is 11.8. The van der Waals surface area contributed by atoms with Crippen LogP contribution in [0.4, 0.5) is 0 Å². The van der Waals surface area contributed by atoms with E-state index in [9.17, 15) is 10.2 Å². The Balaban J connectivity index is 1.68. The minimum atomic E-state index is -0.377. The van der Waals surface area contributed by atoms with Crippen LogP contribution in [0.2, 0.25) is 0 Å².